The third kappa shape index (κ3) is 4.20. The Morgan fingerprint density at radius 1 is 1.25 bits per heavy atom. The highest BCUT2D eigenvalue weighted by atomic mass is 32.2. The normalized spacial score (nSPS) is 23.8. The van der Waals surface area contributed by atoms with Crippen molar-refractivity contribution in [2.75, 3.05) is 5.75 Å². The third-order valence-electron chi connectivity index (χ3n) is 4.82. The van der Waals surface area contributed by atoms with Gasteiger partial charge in [-0.15, -0.1) is 23.5 Å². The van der Waals surface area contributed by atoms with E-state index in [0.29, 0.717) is 4.08 Å². The van der Waals surface area contributed by atoms with Crippen molar-refractivity contribution in [2.45, 2.75) is 62.8 Å². The minimum absolute atomic E-state index is 0.338. The zero-order chi connectivity index (χ0) is 17.2. The van der Waals surface area contributed by atoms with Gasteiger partial charge in [-0.2, -0.15) is 0 Å². The molecule has 0 bridgehead atoms. The third-order valence-corrected chi connectivity index (χ3v) is 8.56. The van der Waals surface area contributed by atoms with Gasteiger partial charge in [0, 0.05) is 29.9 Å². The fourth-order valence-corrected chi connectivity index (χ4v) is 7.47. The molecule has 0 saturated carbocycles. The van der Waals surface area contributed by atoms with E-state index >= 15 is 0 Å². The van der Waals surface area contributed by atoms with Gasteiger partial charge in [-0.3, -0.25) is 0 Å². The molecule has 0 spiro atoms. The Morgan fingerprint density at radius 2 is 2.00 bits per heavy atom. The van der Waals surface area contributed by atoms with E-state index in [1.54, 1.807) is 5.56 Å². The molecule has 0 aliphatic carbocycles. The number of thioether (sulfide) groups is 2. The Bertz CT molecular complexity index is 658. The summed E-state index contributed by atoms with van der Waals surface area (Å²) in [7, 11) is 0. The summed E-state index contributed by atoms with van der Waals surface area (Å²) in [4.78, 5) is 4.15. The van der Waals surface area contributed by atoms with Gasteiger partial charge in [0.2, 0.25) is 0 Å². The quantitative estimate of drug-likeness (QED) is 0.687. The van der Waals surface area contributed by atoms with Crippen LogP contribution in [0.4, 0.5) is 0 Å². The summed E-state index contributed by atoms with van der Waals surface area (Å²) >= 11 is 4.39. The topological polar surface area (TPSA) is 17.8 Å². The first-order chi connectivity index (χ1) is 11.5. The van der Waals surface area contributed by atoms with E-state index in [2.05, 4.69) is 79.1 Å². The van der Waals surface area contributed by atoms with Crippen LogP contribution in [0.5, 0.6) is 0 Å². The highest BCUT2D eigenvalue weighted by molar-refractivity contribution is 8.21. The van der Waals surface area contributed by atoms with Crippen LogP contribution in [0.25, 0.3) is 0 Å². The first-order valence-electron chi connectivity index (χ1n) is 8.82. The molecule has 3 rings (SSSR count). The van der Waals surface area contributed by atoms with Crippen LogP contribution in [0.1, 0.15) is 42.0 Å². The van der Waals surface area contributed by atoms with Crippen LogP contribution in [-0.4, -0.2) is 24.6 Å². The Hall–Kier alpha value is -0.870. The van der Waals surface area contributed by atoms with Crippen LogP contribution in [0.2, 0.25) is 0 Å². The molecule has 24 heavy (non-hydrogen) atoms. The summed E-state index contributed by atoms with van der Waals surface area (Å²) in [6.45, 7) is 10.2. The molecule has 1 aliphatic heterocycles. The Labute approximate surface area is 154 Å². The smallest absolute Gasteiger partial charge is 0.0945 e. The summed E-state index contributed by atoms with van der Waals surface area (Å²) < 4.78 is 2.54. The molecule has 130 valence electrons. The highest BCUT2D eigenvalue weighted by Crippen LogP contribution is 2.53. The monoisotopic (exact) mass is 360 g/mol. The van der Waals surface area contributed by atoms with Crippen LogP contribution in [0.3, 0.4) is 0 Å². The Kier molecular flexibility index (Phi) is 5.66. The van der Waals surface area contributed by atoms with Gasteiger partial charge in [0.05, 0.1) is 10.4 Å². The predicted molar refractivity (Wildman–Crippen MR) is 108 cm³/mol. The number of rotatable bonds is 6. The van der Waals surface area contributed by atoms with Gasteiger partial charge in [-0.05, 0) is 56.7 Å². The largest absolute Gasteiger partial charge is 0.337 e. The second kappa shape index (κ2) is 7.57. The van der Waals surface area contributed by atoms with Crippen LogP contribution < -0.4 is 0 Å². The van der Waals surface area contributed by atoms with Gasteiger partial charge in [0.15, 0.2) is 0 Å². The minimum atomic E-state index is 0.338. The standard InChI is InChI=1S/C20H28N2S2/c1-15-10-16(2)19(17(3)11-15)12-20(23-13-18(4)24-20)6-5-8-22-9-7-21-14-22/h7,9-11,14,18H,5-6,8,12-13H2,1-4H3. The number of aromatic nitrogens is 2. The van der Waals surface area contributed by atoms with Crippen molar-refractivity contribution >= 4 is 23.5 Å². The van der Waals surface area contributed by atoms with Gasteiger partial charge in [-0.1, -0.05) is 24.6 Å². The van der Waals surface area contributed by atoms with Gasteiger partial charge >= 0.3 is 0 Å². The van der Waals surface area contributed by atoms with E-state index in [4.69, 9.17) is 0 Å². The summed E-state index contributed by atoms with van der Waals surface area (Å²) in [5.74, 6) is 1.28. The fraction of sp³-hybridized carbons (Fsp3) is 0.550. The molecule has 0 N–H and O–H groups in total. The molecule has 1 aromatic heterocycles. The molecule has 1 fully saturated rings. The molecule has 2 atom stereocenters. The van der Waals surface area contributed by atoms with Crippen molar-refractivity contribution in [2.24, 2.45) is 0 Å². The number of nitrogens with zero attached hydrogens (tertiary/aromatic N) is 2. The summed E-state index contributed by atoms with van der Waals surface area (Å²) in [5, 5.41) is 0.759. The maximum atomic E-state index is 4.15. The molecule has 1 aromatic carbocycles. The number of hydrogen-bond acceptors (Lipinski definition) is 3. The minimum Gasteiger partial charge on any atom is -0.337 e. The van der Waals surface area contributed by atoms with E-state index in [1.165, 1.54) is 41.7 Å². The maximum Gasteiger partial charge on any atom is 0.0945 e. The van der Waals surface area contributed by atoms with Gasteiger partial charge in [0.25, 0.3) is 0 Å². The number of aryl methyl sites for hydroxylation is 4. The molecule has 2 unspecified atom stereocenters. The molecule has 2 aromatic rings. The zero-order valence-electron chi connectivity index (χ0n) is 15.2. The van der Waals surface area contributed by atoms with Crippen molar-refractivity contribution in [1.82, 2.24) is 9.55 Å². The van der Waals surface area contributed by atoms with E-state index in [0.717, 1.165) is 11.8 Å². The Balaban J connectivity index is 1.74. The first kappa shape index (κ1) is 17.9. The zero-order valence-corrected chi connectivity index (χ0v) is 16.8. The molecule has 2 nitrogen and oxygen atoms in total. The van der Waals surface area contributed by atoms with E-state index in [9.17, 15) is 0 Å². The average molecular weight is 361 g/mol. The van der Waals surface area contributed by atoms with Crippen molar-refractivity contribution in [3.8, 4) is 0 Å². The number of hydrogen-bond donors (Lipinski definition) is 0. The predicted octanol–water partition coefficient (Wildman–Crippen LogP) is 5.40. The lowest BCUT2D eigenvalue weighted by Crippen LogP contribution is -2.23. The van der Waals surface area contributed by atoms with Gasteiger partial charge in [0.1, 0.15) is 0 Å². The van der Waals surface area contributed by atoms with Crippen molar-refractivity contribution in [1.29, 1.82) is 0 Å². The molecule has 0 amide bonds. The summed E-state index contributed by atoms with van der Waals surface area (Å²) in [5.41, 5.74) is 5.87. The molecule has 2 heterocycles. The lowest BCUT2D eigenvalue weighted by molar-refractivity contribution is 0.577. The van der Waals surface area contributed by atoms with Crippen LogP contribution in [0, 0.1) is 20.8 Å². The summed E-state index contributed by atoms with van der Waals surface area (Å²) in [6.07, 6.45) is 9.53. The van der Waals surface area contributed by atoms with Crippen molar-refractivity contribution in [3.63, 3.8) is 0 Å². The highest BCUT2D eigenvalue weighted by Gasteiger charge is 2.39. The molecule has 1 aliphatic rings. The number of imidazole rings is 1. The first-order valence-corrected chi connectivity index (χ1v) is 10.7. The van der Waals surface area contributed by atoms with Crippen LogP contribution in [-0.2, 0) is 13.0 Å². The van der Waals surface area contributed by atoms with Gasteiger partial charge < -0.3 is 4.57 Å². The van der Waals surface area contributed by atoms with Crippen molar-refractivity contribution < 1.29 is 0 Å². The molecular weight excluding hydrogens is 332 g/mol. The van der Waals surface area contributed by atoms with E-state index < -0.39 is 0 Å². The summed E-state index contributed by atoms with van der Waals surface area (Å²) in [6, 6.07) is 4.68. The van der Waals surface area contributed by atoms with Crippen molar-refractivity contribution in [3.05, 3.63) is 53.1 Å². The second-order valence-electron chi connectivity index (χ2n) is 7.11. The Morgan fingerprint density at radius 3 is 2.58 bits per heavy atom. The van der Waals surface area contributed by atoms with Crippen LogP contribution >= 0.6 is 23.5 Å². The van der Waals surface area contributed by atoms with E-state index in [1.807, 2.05) is 12.5 Å². The second-order valence-corrected chi connectivity index (χ2v) is 10.6. The average Bonchev–Trinajstić information content (AvgIpc) is 3.14. The SMILES string of the molecule is Cc1cc(C)c(CC2(CCCn3ccnc3)SCC(C)S2)c(C)c1. The lowest BCUT2D eigenvalue weighted by atomic mass is 9.95. The van der Waals surface area contributed by atoms with Crippen LogP contribution in [0.15, 0.2) is 30.9 Å². The molecular formula is C20H28N2S2. The van der Waals surface area contributed by atoms with Gasteiger partial charge in [-0.25, -0.2) is 4.98 Å². The lowest BCUT2D eigenvalue weighted by Gasteiger charge is -2.30. The maximum absolute atomic E-state index is 4.15. The molecule has 1 saturated heterocycles. The number of benzene rings is 1. The molecule has 4 heteroatoms. The fourth-order valence-electron chi connectivity index (χ4n) is 3.72. The van der Waals surface area contributed by atoms with E-state index in [-0.39, 0.29) is 0 Å². The molecule has 0 radical (unpaired) electrons.